The maximum atomic E-state index is 5.21. The fourth-order valence-corrected chi connectivity index (χ4v) is 3.60. The van der Waals surface area contributed by atoms with Gasteiger partial charge in [0.1, 0.15) is 0 Å². The highest BCUT2D eigenvalue weighted by molar-refractivity contribution is 4.92. The van der Waals surface area contributed by atoms with Crippen LogP contribution in [0.3, 0.4) is 0 Å². The molecule has 0 aromatic rings. The second kappa shape index (κ2) is 6.88. The van der Waals surface area contributed by atoms with Gasteiger partial charge in [-0.05, 0) is 58.4 Å². The second-order valence-electron chi connectivity index (χ2n) is 6.39. The zero-order chi connectivity index (χ0) is 13.0. The molecule has 2 atom stereocenters. The zero-order valence-electron chi connectivity index (χ0n) is 12.3. The Morgan fingerprint density at radius 1 is 1.17 bits per heavy atom. The smallest absolute Gasteiger partial charge is 0.0589 e. The van der Waals surface area contributed by atoms with Gasteiger partial charge in [0.05, 0.1) is 6.61 Å². The van der Waals surface area contributed by atoms with Crippen LogP contribution in [0.4, 0.5) is 0 Å². The summed E-state index contributed by atoms with van der Waals surface area (Å²) >= 11 is 0. The van der Waals surface area contributed by atoms with Gasteiger partial charge in [-0.1, -0.05) is 0 Å². The van der Waals surface area contributed by atoms with Crippen molar-refractivity contribution in [2.45, 2.75) is 64.1 Å². The molecule has 0 saturated carbocycles. The third-order valence-corrected chi connectivity index (χ3v) is 4.71. The minimum absolute atomic E-state index is 0.638. The van der Waals surface area contributed by atoms with Crippen LogP contribution in [0.5, 0.6) is 0 Å². The molecule has 2 heterocycles. The molecular formula is C15H30N2O. The van der Waals surface area contributed by atoms with Gasteiger partial charge in [-0.3, -0.25) is 4.90 Å². The number of rotatable bonds is 7. The normalized spacial score (nSPS) is 31.5. The highest BCUT2D eigenvalue weighted by Gasteiger charge is 2.33. The summed E-state index contributed by atoms with van der Waals surface area (Å²) in [6.07, 6.45) is 7.02. The maximum absolute atomic E-state index is 5.21. The molecule has 0 aliphatic carbocycles. The number of methoxy groups -OCH3 is 1. The first kappa shape index (κ1) is 14.3. The number of nitrogens with one attached hydrogen (secondary N) is 1. The van der Waals surface area contributed by atoms with Crippen molar-refractivity contribution in [3.05, 3.63) is 0 Å². The minimum atomic E-state index is 0.638. The fraction of sp³-hybridized carbons (Fsp3) is 1.00. The van der Waals surface area contributed by atoms with Crippen LogP contribution in [0.15, 0.2) is 0 Å². The Labute approximate surface area is 112 Å². The molecule has 0 spiro atoms. The molecule has 3 nitrogen and oxygen atoms in total. The zero-order valence-corrected chi connectivity index (χ0v) is 12.3. The van der Waals surface area contributed by atoms with Gasteiger partial charge in [-0.25, -0.2) is 0 Å². The summed E-state index contributed by atoms with van der Waals surface area (Å²) < 4.78 is 5.21. The van der Waals surface area contributed by atoms with Crippen molar-refractivity contribution in [1.82, 2.24) is 10.2 Å². The lowest BCUT2D eigenvalue weighted by Crippen LogP contribution is -2.40. The van der Waals surface area contributed by atoms with E-state index in [-0.39, 0.29) is 0 Å². The highest BCUT2D eigenvalue weighted by Crippen LogP contribution is 2.32. The molecule has 2 bridgehead atoms. The molecule has 2 aliphatic rings. The van der Waals surface area contributed by atoms with Crippen molar-refractivity contribution in [1.29, 1.82) is 0 Å². The molecule has 106 valence electrons. The Kier molecular flexibility index (Phi) is 5.46. The average molecular weight is 254 g/mol. The van der Waals surface area contributed by atoms with Crippen molar-refractivity contribution in [3.63, 3.8) is 0 Å². The Hall–Kier alpha value is -0.120. The first-order chi connectivity index (χ1) is 8.69. The predicted molar refractivity (Wildman–Crippen MR) is 75.9 cm³/mol. The van der Waals surface area contributed by atoms with E-state index in [9.17, 15) is 0 Å². The van der Waals surface area contributed by atoms with E-state index in [2.05, 4.69) is 24.1 Å². The van der Waals surface area contributed by atoms with E-state index in [4.69, 9.17) is 4.74 Å². The molecule has 18 heavy (non-hydrogen) atoms. The quantitative estimate of drug-likeness (QED) is 0.754. The van der Waals surface area contributed by atoms with Gasteiger partial charge in [0, 0.05) is 31.8 Å². The SMILES string of the molecule is COCCN(CCC1CC2CCC(C1)N2)C(C)C. The molecule has 2 unspecified atom stereocenters. The number of hydrogen-bond donors (Lipinski definition) is 1. The van der Waals surface area contributed by atoms with Crippen LogP contribution in [-0.2, 0) is 4.74 Å². The molecule has 1 N–H and O–H groups in total. The topological polar surface area (TPSA) is 24.5 Å². The highest BCUT2D eigenvalue weighted by atomic mass is 16.5. The lowest BCUT2D eigenvalue weighted by atomic mass is 9.89. The van der Waals surface area contributed by atoms with E-state index < -0.39 is 0 Å². The van der Waals surface area contributed by atoms with E-state index in [0.717, 1.165) is 31.2 Å². The maximum Gasteiger partial charge on any atom is 0.0589 e. The lowest BCUT2D eigenvalue weighted by Gasteiger charge is -2.32. The van der Waals surface area contributed by atoms with E-state index in [1.54, 1.807) is 7.11 Å². The van der Waals surface area contributed by atoms with Gasteiger partial charge in [0.15, 0.2) is 0 Å². The van der Waals surface area contributed by atoms with Crippen molar-refractivity contribution in [2.24, 2.45) is 5.92 Å². The van der Waals surface area contributed by atoms with Crippen LogP contribution >= 0.6 is 0 Å². The van der Waals surface area contributed by atoms with Crippen LogP contribution in [-0.4, -0.2) is 49.8 Å². The summed E-state index contributed by atoms with van der Waals surface area (Å²) in [6.45, 7) is 7.76. The van der Waals surface area contributed by atoms with Crippen molar-refractivity contribution >= 4 is 0 Å². The van der Waals surface area contributed by atoms with Gasteiger partial charge < -0.3 is 10.1 Å². The van der Waals surface area contributed by atoms with Gasteiger partial charge in [-0.15, -0.1) is 0 Å². The second-order valence-corrected chi connectivity index (χ2v) is 6.39. The van der Waals surface area contributed by atoms with Crippen LogP contribution in [0, 0.1) is 5.92 Å². The molecule has 2 aliphatic heterocycles. The number of fused-ring (bicyclic) bond motifs is 2. The largest absolute Gasteiger partial charge is 0.383 e. The summed E-state index contributed by atoms with van der Waals surface area (Å²) in [7, 11) is 1.79. The summed E-state index contributed by atoms with van der Waals surface area (Å²) in [4.78, 5) is 2.56. The number of piperidine rings is 1. The molecule has 2 saturated heterocycles. The predicted octanol–water partition coefficient (Wildman–Crippen LogP) is 2.26. The summed E-state index contributed by atoms with van der Waals surface area (Å²) in [5, 5.41) is 3.73. The van der Waals surface area contributed by atoms with Crippen LogP contribution in [0.25, 0.3) is 0 Å². The van der Waals surface area contributed by atoms with Gasteiger partial charge in [0.2, 0.25) is 0 Å². The Bertz CT molecular complexity index is 233. The summed E-state index contributed by atoms with van der Waals surface area (Å²) in [6, 6.07) is 2.30. The molecule has 2 fully saturated rings. The molecular weight excluding hydrogens is 224 g/mol. The minimum Gasteiger partial charge on any atom is -0.383 e. The summed E-state index contributed by atoms with van der Waals surface area (Å²) in [5.74, 6) is 0.951. The molecule has 0 aromatic heterocycles. The summed E-state index contributed by atoms with van der Waals surface area (Å²) in [5.41, 5.74) is 0. The van der Waals surface area contributed by atoms with Crippen LogP contribution < -0.4 is 5.32 Å². The third kappa shape index (κ3) is 3.94. The Morgan fingerprint density at radius 2 is 1.83 bits per heavy atom. The van der Waals surface area contributed by atoms with Crippen molar-refractivity contribution < 1.29 is 4.74 Å². The number of nitrogens with zero attached hydrogens (tertiary/aromatic N) is 1. The van der Waals surface area contributed by atoms with Crippen LogP contribution in [0.2, 0.25) is 0 Å². The van der Waals surface area contributed by atoms with E-state index in [0.29, 0.717) is 6.04 Å². The van der Waals surface area contributed by atoms with E-state index >= 15 is 0 Å². The lowest BCUT2D eigenvalue weighted by molar-refractivity contribution is 0.120. The Balaban J connectivity index is 1.71. The monoisotopic (exact) mass is 254 g/mol. The molecule has 3 heteroatoms. The van der Waals surface area contributed by atoms with E-state index in [1.165, 1.54) is 38.6 Å². The van der Waals surface area contributed by atoms with Gasteiger partial charge in [0.25, 0.3) is 0 Å². The Morgan fingerprint density at radius 3 is 2.39 bits per heavy atom. The molecule has 2 rings (SSSR count). The number of ether oxygens (including phenoxy) is 1. The molecule has 0 radical (unpaired) electrons. The molecule has 0 amide bonds. The van der Waals surface area contributed by atoms with Gasteiger partial charge in [-0.2, -0.15) is 0 Å². The van der Waals surface area contributed by atoms with Crippen molar-refractivity contribution in [2.75, 3.05) is 26.8 Å². The number of hydrogen-bond acceptors (Lipinski definition) is 3. The van der Waals surface area contributed by atoms with Gasteiger partial charge >= 0.3 is 0 Å². The fourth-order valence-electron chi connectivity index (χ4n) is 3.60. The van der Waals surface area contributed by atoms with E-state index in [1.807, 2.05) is 0 Å². The average Bonchev–Trinajstić information content (AvgIpc) is 2.68. The van der Waals surface area contributed by atoms with Crippen LogP contribution in [0.1, 0.15) is 46.0 Å². The first-order valence-corrected chi connectivity index (χ1v) is 7.68. The standard InChI is InChI=1S/C15H30N2O/c1-12(2)17(8-9-18-3)7-6-13-10-14-4-5-15(11-13)16-14/h12-16H,4-11H2,1-3H3. The first-order valence-electron chi connectivity index (χ1n) is 7.68. The van der Waals surface area contributed by atoms with Crippen molar-refractivity contribution in [3.8, 4) is 0 Å². The third-order valence-electron chi connectivity index (χ3n) is 4.71. The molecule has 0 aromatic carbocycles.